The number of aryl methyl sites for hydroxylation is 1. The first-order chi connectivity index (χ1) is 9.51. The molecule has 104 valence electrons. The van der Waals surface area contributed by atoms with Crippen LogP contribution in [-0.2, 0) is 6.54 Å². The SMILES string of the molecule is COc1ccc(C(=O)Cn2cnc(C)cc2=O)cc1F. The van der Waals surface area contributed by atoms with E-state index >= 15 is 0 Å². The Morgan fingerprint density at radius 2 is 2.15 bits per heavy atom. The number of Topliss-reactive ketones (excluding diaryl/α,β-unsaturated/α-hetero) is 1. The lowest BCUT2D eigenvalue weighted by atomic mass is 10.1. The van der Waals surface area contributed by atoms with E-state index in [2.05, 4.69) is 4.98 Å². The Labute approximate surface area is 114 Å². The highest BCUT2D eigenvalue weighted by Gasteiger charge is 2.11. The first kappa shape index (κ1) is 13.9. The van der Waals surface area contributed by atoms with Gasteiger partial charge >= 0.3 is 0 Å². The number of carbonyl (C=O) groups is 1. The molecule has 0 saturated heterocycles. The van der Waals surface area contributed by atoms with Crippen molar-refractivity contribution in [2.75, 3.05) is 7.11 Å². The van der Waals surface area contributed by atoms with Crippen molar-refractivity contribution in [2.45, 2.75) is 13.5 Å². The van der Waals surface area contributed by atoms with E-state index in [0.717, 1.165) is 6.07 Å². The molecule has 20 heavy (non-hydrogen) atoms. The molecule has 0 aliphatic rings. The smallest absolute Gasteiger partial charge is 0.253 e. The van der Waals surface area contributed by atoms with Crippen molar-refractivity contribution in [3.63, 3.8) is 0 Å². The molecule has 0 unspecified atom stereocenters. The van der Waals surface area contributed by atoms with Gasteiger partial charge in [-0.25, -0.2) is 9.37 Å². The zero-order valence-electron chi connectivity index (χ0n) is 11.1. The zero-order valence-corrected chi connectivity index (χ0v) is 11.1. The van der Waals surface area contributed by atoms with Gasteiger partial charge in [-0.1, -0.05) is 0 Å². The molecule has 0 saturated carbocycles. The van der Waals surface area contributed by atoms with Gasteiger partial charge in [0.1, 0.15) is 0 Å². The molecule has 5 nitrogen and oxygen atoms in total. The topological polar surface area (TPSA) is 61.2 Å². The highest BCUT2D eigenvalue weighted by molar-refractivity contribution is 5.96. The van der Waals surface area contributed by atoms with Gasteiger partial charge in [0.15, 0.2) is 17.3 Å². The number of methoxy groups -OCH3 is 1. The monoisotopic (exact) mass is 276 g/mol. The average Bonchev–Trinajstić information content (AvgIpc) is 2.41. The summed E-state index contributed by atoms with van der Waals surface area (Å²) in [6.07, 6.45) is 1.30. The van der Waals surface area contributed by atoms with E-state index in [1.54, 1.807) is 6.92 Å². The van der Waals surface area contributed by atoms with Crippen molar-refractivity contribution >= 4 is 5.78 Å². The number of rotatable bonds is 4. The van der Waals surface area contributed by atoms with Crippen LogP contribution < -0.4 is 10.3 Å². The van der Waals surface area contributed by atoms with Crippen molar-refractivity contribution in [3.05, 3.63) is 58.0 Å². The standard InChI is InChI=1S/C14H13FN2O3/c1-9-5-14(19)17(8-16-9)7-12(18)10-3-4-13(20-2)11(15)6-10/h3-6,8H,7H2,1-2H3. The van der Waals surface area contributed by atoms with E-state index in [0.29, 0.717) is 5.69 Å². The predicted octanol–water partition coefficient (Wildman–Crippen LogP) is 1.58. The lowest BCUT2D eigenvalue weighted by Crippen LogP contribution is -2.24. The van der Waals surface area contributed by atoms with Crippen LogP contribution in [-0.4, -0.2) is 22.4 Å². The van der Waals surface area contributed by atoms with Gasteiger partial charge in [-0.15, -0.1) is 0 Å². The summed E-state index contributed by atoms with van der Waals surface area (Å²) in [7, 11) is 1.34. The van der Waals surface area contributed by atoms with E-state index in [1.807, 2.05) is 0 Å². The fraction of sp³-hybridized carbons (Fsp3) is 0.214. The lowest BCUT2D eigenvalue weighted by molar-refractivity contribution is 0.0970. The van der Waals surface area contributed by atoms with Crippen LogP contribution in [0.15, 0.2) is 35.4 Å². The Bertz CT molecular complexity index is 710. The maximum Gasteiger partial charge on any atom is 0.253 e. The third-order valence-corrected chi connectivity index (χ3v) is 2.80. The average molecular weight is 276 g/mol. The van der Waals surface area contributed by atoms with Crippen LogP contribution in [0.3, 0.4) is 0 Å². The van der Waals surface area contributed by atoms with Crippen LogP contribution in [0, 0.1) is 12.7 Å². The molecular formula is C14H13FN2O3. The van der Waals surface area contributed by atoms with Crippen molar-refractivity contribution in [1.82, 2.24) is 9.55 Å². The molecule has 2 rings (SSSR count). The molecule has 0 N–H and O–H groups in total. The Morgan fingerprint density at radius 1 is 1.40 bits per heavy atom. The summed E-state index contributed by atoms with van der Waals surface area (Å²) < 4.78 is 19.5. The van der Waals surface area contributed by atoms with Crippen LogP contribution in [0.1, 0.15) is 16.1 Å². The minimum Gasteiger partial charge on any atom is -0.494 e. The maximum absolute atomic E-state index is 13.5. The zero-order chi connectivity index (χ0) is 14.7. The molecule has 1 heterocycles. The second kappa shape index (κ2) is 5.64. The highest BCUT2D eigenvalue weighted by Crippen LogP contribution is 2.18. The second-order valence-corrected chi connectivity index (χ2v) is 4.27. The van der Waals surface area contributed by atoms with E-state index in [4.69, 9.17) is 4.74 Å². The first-order valence-electron chi connectivity index (χ1n) is 5.91. The van der Waals surface area contributed by atoms with E-state index in [1.165, 1.54) is 36.2 Å². The summed E-state index contributed by atoms with van der Waals surface area (Å²) >= 11 is 0. The molecule has 0 fully saturated rings. The molecule has 0 radical (unpaired) electrons. The largest absolute Gasteiger partial charge is 0.494 e. The molecule has 6 heteroatoms. The molecule has 0 aliphatic carbocycles. The van der Waals surface area contributed by atoms with Crippen LogP contribution in [0.4, 0.5) is 4.39 Å². The van der Waals surface area contributed by atoms with Gasteiger partial charge in [-0.3, -0.25) is 14.2 Å². The Kier molecular flexibility index (Phi) is 3.93. The minimum absolute atomic E-state index is 0.0655. The van der Waals surface area contributed by atoms with Crippen molar-refractivity contribution in [3.8, 4) is 5.75 Å². The van der Waals surface area contributed by atoms with Crippen LogP contribution >= 0.6 is 0 Å². The summed E-state index contributed by atoms with van der Waals surface area (Å²) in [5.74, 6) is -0.928. The molecule has 0 aliphatic heterocycles. The number of nitrogens with zero attached hydrogens (tertiary/aromatic N) is 2. The second-order valence-electron chi connectivity index (χ2n) is 4.27. The number of aromatic nitrogens is 2. The van der Waals surface area contributed by atoms with E-state index in [9.17, 15) is 14.0 Å². The van der Waals surface area contributed by atoms with E-state index < -0.39 is 5.82 Å². The molecule has 1 aromatic carbocycles. The molecule has 2 aromatic rings. The Hall–Kier alpha value is -2.50. The number of hydrogen-bond donors (Lipinski definition) is 0. The third kappa shape index (κ3) is 2.90. The number of hydrogen-bond acceptors (Lipinski definition) is 4. The van der Waals surface area contributed by atoms with Gasteiger partial charge in [0.05, 0.1) is 20.0 Å². The summed E-state index contributed by atoms with van der Waals surface area (Å²) in [4.78, 5) is 27.6. The fourth-order valence-electron chi connectivity index (χ4n) is 1.72. The Balaban J connectivity index is 2.24. The molecule has 1 aromatic heterocycles. The molecule has 0 amide bonds. The van der Waals surface area contributed by atoms with Crippen LogP contribution in [0.25, 0.3) is 0 Å². The van der Waals surface area contributed by atoms with Crippen molar-refractivity contribution in [2.24, 2.45) is 0 Å². The normalized spacial score (nSPS) is 10.3. The minimum atomic E-state index is -0.618. The maximum atomic E-state index is 13.5. The van der Waals surface area contributed by atoms with Gasteiger partial charge in [0.25, 0.3) is 5.56 Å². The summed E-state index contributed by atoms with van der Waals surface area (Å²) in [6.45, 7) is 1.50. The van der Waals surface area contributed by atoms with Crippen LogP contribution in [0.2, 0.25) is 0 Å². The molecule has 0 atom stereocenters. The first-order valence-corrected chi connectivity index (χ1v) is 5.91. The molecule has 0 bridgehead atoms. The summed E-state index contributed by atoms with van der Waals surface area (Å²) in [5, 5.41) is 0. The van der Waals surface area contributed by atoms with Gasteiger partial charge in [-0.2, -0.15) is 0 Å². The number of benzene rings is 1. The highest BCUT2D eigenvalue weighted by atomic mass is 19.1. The van der Waals surface area contributed by atoms with Crippen LogP contribution in [0.5, 0.6) is 5.75 Å². The van der Waals surface area contributed by atoms with Crippen molar-refractivity contribution < 1.29 is 13.9 Å². The number of ketones is 1. The third-order valence-electron chi connectivity index (χ3n) is 2.80. The molecule has 0 spiro atoms. The summed E-state index contributed by atoms with van der Waals surface area (Å²) in [5.41, 5.74) is 0.435. The van der Waals surface area contributed by atoms with E-state index in [-0.39, 0.29) is 29.2 Å². The van der Waals surface area contributed by atoms with Gasteiger partial charge in [0.2, 0.25) is 0 Å². The number of carbonyl (C=O) groups excluding carboxylic acids is 1. The van der Waals surface area contributed by atoms with Gasteiger partial charge in [-0.05, 0) is 25.1 Å². The van der Waals surface area contributed by atoms with Crippen molar-refractivity contribution in [1.29, 1.82) is 0 Å². The quantitative estimate of drug-likeness (QED) is 0.795. The fourth-order valence-corrected chi connectivity index (χ4v) is 1.72. The van der Waals surface area contributed by atoms with Gasteiger partial charge < -0.3 is 4.74 Å². The predicted molar refractivity (Wildman–Crippen MR) is 70.5 cm³/mol. The number of halogens is 1. The van der Waals surface area contributed by atoms with Gasteiger partial charge in [0, 0.05) is 17.3 Å². The number of ether oxygens (including phenoxy) is 1. The summed E-state index contributed by atoms with van der Waals surface area (Å²) in [6, 6.07) is 5.26. The molecular weight excluding hydrogens is 263 g/mol. The lowest BCUT2D eigenvalue weighted by Gasteiger charge is -2.06. The Morgan fingerprint density at radius 3 is 2.75 bits per heavy atom.